The quantitative estimate of drug-likeness (QED) is 0.173. The van der Waals surface area contributed by atoms with Crippen LogP contribution >= 0.6 is 0 Å². The van der Waals surface area contributed by atoms with Crippen molar-refractivity contribution >= 4 is 29.4 Å². The third-order valence-corrected chi connectivity index (χ3v) is 5.11. The fourth-order valence-electron chi connectivity index (χ4n) is 3.16. The average molecular weight is 562 g/mol. The summed E-state index contributed by atoms with van der Waals surface area (Å²) in [7, 11) is 0. The number of para-hydroxylation sites is 1. The molecule has 1 saturated heterocycles. The number of nitrogens with two attached hydrogens (primary N) is 2. The van der Waals surface area contributed by atoms with E-state index < -0.39 is 64.9 Å². The Labute approximate surface area is 223 Å². The molecule has 1 heterocycles. The van der Waals surface area contributed by atoms with Crippen LogP contribution in [0.1, 0.15) is 6.42 Å². The lowest BCUT2D eigenvalue weighted by Crippen LogP contribution is -2.49. The van der Waals surface area contributed by atoms with E-state index in [0.717, 1.165) is 6.42 Å². The van der Waals surface area contributed by atoms with Crippen LogP contribution in [-0.2, 0) is 23.9 Å². The molecule has 1 atom stereocenters. The molecule has 40 heavy (non-hydrogen) atoms. The van der Waals surface area contributed by atoms with Gasteiger partial charge in [0.25, 0.3) is 5.91 Å². The predicted molar refractivity (Wildman–Crippen MR) is 129 cm³/mol. The molecule has 1 aliphatic heterocycles. The van der Waals surface area contributed by atoms with Gasteiger partial charge in [0.15, 0.2) is 17.4 Å². The third-order valence-electron chi connectivity index (χ3n) is 5.11. The second-order valence-corrected chi connectivity index (χ2v) is 7.98. The standard InChI is InChI=1S/C14H12N2O3.C12H8F4NO4/c15-13(17)14(18)16-10-5-4-8-12(9-10)19-11-6-2-1-3-7-11;13-5-3-6(14)9(16)10(8(5)15)20-4-12(11(17)19)2-1-7(18)21-12/h1-9H,(H2,15,17)(H,16,18);2-3H,1,4H2,(H2,17,19). The normalized spacial score (nSPS) is 15.8. The number of cyclic esters (lactones) is 1. The smallest absolute Gasteiger partial charge is 0.313 e. The van der Waals surface area contributed by atoms with Crippen LogP contribution < -0.4 is 26.3 Å². The molecule has 3 aromatic carbocycles. The Bertz CT molecular complexity index is 1410. The highest BCUT2D eigenvalue weighted by Gasteiger charge is 2.47. The minimum absolute atomic E-state index is 0.00307. The summed E-state index contributed by atoms with van der Waals surface area (Å²) in [6.45, 7) is -0.912. The minimum Gasteiger partial charge on any atom is -0.483 e. The fraction of sp³-hybridized carbons (Fsp3) is 0.115. The lowest BCUT2D eigenvalue weighted by atomic mass is 10.0. The van der Waals surface area contributed by atoms with Crippen LogP contribution in [0, 0.1) is 29.7 Å². The number of rotatable bonds is 7. The highest BCUT2D eigenvalue weighted by molar-refractivity contribution is 6.39. The summed E-state index contributed by atoms with van der Waals surface area (Å²) in [5, 5.41) is 2.37. The maximum absolute atomic E-state index is 13.4. The number of primary amides is 2. The number of esters is 1. The van der Waals surface area contributed by atoms with Crippen LogP contribution in [0.25, 0.3) is 0 Å². The van der Waals surface area contributed by atoms with Gasteiger partial charge in [-0.05, 0) is 24.3 Å². The molecule has 3 aromatic rings. The Hall–Kier alpha value is -5.14. The third kappa shape index (κ3) is 7.24. The van der Waals surface area contributed by atoms with Gasteiger partial charge in [0.1, 0.15) is 18.1 Å². The van der Waals surface area contributed by atoms with E-state index in [4.69, 9.17) is 16.2 Å². The van der Waals surface area contributed by atoms with Crippen molar-refractivity contribution in [2.24, 2.45) is 11.5 Å². The molecular formula is C26H20F4N3O7. The summed E-state index contributed by atoms with van der Waals surface area (Å²) in [6, 6.07) is 15.9. The first kappa shape index (κ1) is 29.4. The van der Waals surface area contributed by atoms with E-state index in [0.29, 0.717) is 17.2 Å². The van der Waals surface area contributed by atoms with E-state index in [1.165, 1.54) is 0 Å². The molecule has 1 fully saturated rings. The van der Waals surface area contributed by atoms with Gasteiger partial charge in [-0.2, -0.15) is 8.78 Å². The number of halogens is 4. The van der Waals surface area contributed by atoms with E-state index in [1.54, 1.807) is 24.3 Å². The van der Waals surface area contributed by atoms with Crippen molar-refractivity contribution in [3.8, 4) is 17.2 Å². The van der Waals surface area contributed by atoms with Gasteiger partial charge in [-0.15, -0.1) is 0 Å². The summed E-state index contributed by atoms with van der Waals surface area (Å²) < 4.78 is 67.6. The van der Waals surface area contributed by atoms with E-state index in [2.05, 4.69) is 14.8 Å². The number of carbonyl (C=O) groups excluding carboxylic acids is 4. The van der Waals surface area contributed by atoms with Gasteiger partial charge in [-0.1, -0.05) is 24.3 Å². The fourth-order valence-corrected chi connectivity index (χ4v) is 3.16. The zero-order valence-electron chi connectivity index (χ0n) is 20.3. The number of ether oxygens (including phenoxy) is 3. The lowest BCUT2D eigenvalue weighted by molar-refractivity contribution is -0.158. The lowest BCUT2D eigenvalue weighted by Gasteiger charge is -2.23. The zero-order valence-corrected chi connectivity index (χ0v) is 20.3. The van der Waals surface area contributed by atoms with Crippen LogP contribution in [0.15, 0.2) is 60.7 Å². The van der Waals surface area contributed by atoms with Crippen LogP contribution in [0.3, 0.4) is 0 Å². The Kier molecular flexibility index (Phi) is 9.27. The second-order valence-electron chi connectivity index (χ2n) is 7.98. The molecule has 4 rings (SSSR count). The number of hydrogen-bond acceptors (Lipinski definition) is 7. The molecule has 0 aromatic heterocycles. The van der Waals surface area contributed by atoms with Crippen molar-refractivity contribution in [2.45, 2.75) is 12.0 Å². The monoisotopic (exact) mass is 562 g/mol. The molecule has 1 unspecified atom stereocenters. The predicted octanol–water partition coefficient (Wildman–Crippen LogP) is 2.90. The van der Waals surface area contributed by atoms with Crippen LogP contribution in [-0.4, -0.2) is 35.9 Å². The average Bonchev–Trinajstić information content (AvgIpc) is 3.30. The number of nitrogens with one attached hydrogen (secondary N) is 1. The van der Waals surface area contributed by atoms with Crippen molar-refractivity contribution < 1.29 is 51.0 Å². The highest BCUT2D eigenvalue weighted by atomic mass is 19.2. The van der Waals surface area contributed by atoms with E-state index in [-0.39, 0.29) is 12.5 Å². The molecule has 14 heteroatoms. The van der Waals surface area contributed by atoms with E-state index >= 15 is 0 Å². The molecule has 5 N–H and O–H groups in total. The first-order chi connectivity index (χ1) is 18.9. The van der Waals surface area contributed by atoms with Gasteiger partial charge in [0, 0.05) is 24.2 Å². The maximum atomic E-state index is 13.4. The molecule has 1 aliphatic rings. The van der Waals surface area contributed by atoms with Crippen LogP contribution in [0.5, 0.6) is 17.2 Å². The zero-order chi connectivity index (χ0) is 29.4. The van der Waals surface area contributed by atoms with Crippen LogP contribution in [0.2, 0.25) is 0 Å². The van der Waals surface area contributed by atoms with Crippen molar-refractivity contribution in [1.29, 1.82) is 0 Å². The SMILES string of the molecule is NC(=O)C(=O)Nc1cccc(Oc2ccccc2)c1.NC(=O)C1(COc2c(F)c(F)cc(F)c2F)[CH]CC(=O)O1. The van der Waals surface area contributed by atoms with Gasteiger partial charge in [0.05, 0.1) is 6.42 Å². The molecule has 0 bridgehead atoms. The summed E-state index contributed by atoms with van der Waals surface area (Å²) in [5.41, 5.74) is 8.29. The first-order valence-electron chi connectivity index (χ1n) is 11.2. The first-order valence-corrected chi connectivity index (χ1v) is 11.2. The van der Waals surface area contributed by atoms with E-state index in [1.807, 2.05) is 30.3 Å². The van der Waals surface area contributed by atoms with E-state index in [9.17, 15) is 36.7 Å². The number of amides is 3. The van der Waals surface area contributed by atoms with Gasteiger partial charge in [0.2, 0.25) is 17.2 Å². The maximum Gasteiger partial charge on any atom is 0.313 e. The minimum atomic E-state index is -2.04. The molecule has 3 amide bonds. The molecule has 0 aliphatic carbocycles. The summed E-state index contributed by atoms with van der Waals surface area (Å²) in [4.78, 5) is 44.1. The van der Waals surface area contributed by atoms with Gasteiger partial charge in [-0.25, -0.2) is 8.78 Å². The van der Waals surface area contributed by atoms with Gasteiger partial charge >= 0.3 is 17.8 Å². The highest BCUT2D eigenvalue weighted by Crippen LogP contribution is 2.31. The topological polar surface area (TPSA) is 160 Å². The van der Waals surface area contributed by atoms with Crippen molar-refractivity contribution in [3.63, 3.8) is 0 Å². The van der Waals surface area contributed by atoms with Crippen molar-refractivity contribution in [1.82, 2.24) is 0 Å². The number of hydrogen-bond donors (Lipinski definition) is 3. The Balaban J connectivity index is 0.000000222. The van der Waals surface area contributed by atoms with Crippen molar-refractivity contribution in [2.75, 3.05) is 11.9 Å². The Morgan fingerprint density at radius 3 is 2.08 bits per heavy atom. The Morgan fingerprint density at radius 1 is 0.900 bits per heavy atom. The van der Waals surface area contributed by atoms with Gasteiger partial charge in [-0.3, -0.25) is 19.2 Å². The Morgan fingerprint density at radius 2 is 1.52 bits per heavy atom. The van der Waals surface area contributed by atoms with Crippen molar-refractivity contribution in [3.05, 3.63) is 90.4 Å². The molecular weight excluding hydrogens is 542 g/mol. The largest absolute Gasteiger partial charge is 0.483 e. The molecule has 0 saturated carbocycles. The molecule has 10 nitrogen and oxygen atoms in total. The molecule has 0 spiro atoms. The summed E-state index contributed by atoms with van der Waals surface area (Å²) >= 11 is 0. The number of anilines is 1. The molecule has 1 radical (unpaired) electrons. The molecule has 209 valence electrons. The number of carbonyl (C=O) groups is 4. The van der Waals surface area contributed by atoms with Crippen LogP contribution in [0.4, 0.5) is 23.2 Å². The summed E-state index contributed by atoms with van der Waals surface area (Å²) in [5.74, 6) is -10.9. The summed E-state index contributed by atoms with van der Waals surface area (Å²) in [6.07, 6.45) is 0.776. The number of benzene rings is 3. The van der Waals surface area contributed by atoms with Gasteiger partial charge < -0.3 is 31.0 Å². The second kappa shape index (κ2) is 12.6.